The van der Waals surface area contributed by atoms with Crippen molar-refractivity contribution in [1.29, 1.82) is 0 Å². The molecular weight excluding hydrogens is 665 g/mol. The molecule has 2 aliphatic heterocycles. The Hall–Kier alpha value is -6.49. The largest absolute Gasteiger partial charge is 0.457 e. The summed E-state index contributed by atoms with van der Waals surface area (Å²) in [5.74, 6) is 1.77. The van der Waals surface area contributed by atoms with Gasteiger partial charge >= 0.3 is 0 Å². The Morgan fingerprint density at radius 1 is 0.415 bits per heavy atom. The summed E-state index contributed by atoms with van der Waals surface area (Å²) in [7, 11) is 0. The lowest BCUT2D eigenvalue weighted by molar-refractivity contribution is 0.431. The Balaban J connectivity index is 1.12. The molecule has 53 heavy (non-hydrogen) atoms. The molecule has 250 valence electrons. The lowest BCUT2D eigenvalue weighted by Crippen LogP contribution is -2.36. The normalized spacial score (nSPS) is 13.5. The first kappa shape index (κ1) is 30.2. The SMILES string of the molecule is c1ccc(N(c2ccc(-n3c4ccccc4c4ccccc43)cc2)c2ccc3c(c2)C2(c4ccccc4O3)c3ccccc3Sc3ccccc32)cc1. The zero-order valence-electron chi connectivity index (χ0n) is 28.7. The van der Waals surface area contributed by atoms with Crippen LogP contribution in [-0.4, -0.2) is 4.57 Å². The number of benzene rings is 8. The molecule has 8 aromatic carbocycles. The quantitative estimate of drug-likeness (QED) is 0.182. The van der Waals surface area contributed by atoms with Crippen molar-refractivity contribution in [2.45, 2.75) is 15.2 Å². The van der Waals surface area contributed by atoms with Crippen LogP contribution in [0.1, 0.15) is 22.3 Å². The van der Waals surface area contributed by atoms with Crippen molar-refractivity contribution in [3.63, 3.8) is 0 Å². The summed E-state index contributed by atoms with van der Waals surface area (Å²) in [6.45, 7) is 0. The molecule has 3 nitrogen and oxygen atoms in total. The number of nitrogens with zero attached hydrogens (tertiary/aromatic N) is 2. The zero-order chi connectivity index (χ0) is 34.9. The van der Waals surface area contributed by atoms with Gasteiger partial charge in [-0.25, -0.2) is 0 Å². The highest BCUT2D eigenvalue weighted by Crippen LogP contribution is 2.62. The van der Waals surface area contributed by atoms with Crippen LogP contribution in [0.4, 0.5) is 17.1 Å². The van der Waals surface area contributed by atoms with Crippen LogP contribution in [0.15, 0.2) is 204 Å². The van der Waals surface area contributed by atoms with Gasteiger partial charge in [0.25, 0.3) is 0 Å². The van der Waals surface area contributed by atoms with E-state index in [-0.39, 0.29) is 0 Å². The van der Waals surface area contributed by atoms with E-state index >= 15 is 0 Å². The second-order valence-corrected chi connectivity index (χ2v) is 14.8. The van der Waals surface area contributed by atoms with Gasteiger partial charge < -0.3 is 14.2 Å². The number of fused-ring (bicyclic) bond motifs is 11. The van der Waals surface area contributed by atoms with E-state index in [2.05, 4.69) is 204 Å². The van der Waals surface area contributed by atoms with Gasteiger partial charge in [0.1, 0.15) is 11.5 Å². The van der Waals surface area contributed by atoms with Crippen LogP contribution in [0.5, 0.6) is 11.5 Å². The number of hydrogen-bond donors (Lipinski definition) is 0. The number of para-hydroxylation sites is 4. The van der Waals surface area contributed by atoms with Gasteiger partial charge in [-0.1, -0.05) is 121 Å². The monoisotopic (exact) mass is 696 g/mol. The maximum absolute atomic E-state index is 6.78. The van der Waals surface area contributed by atoms with Gasteiger partial charge in [0.05, 0.1) is 16.4 Å². The van der Waals surface area contributed by atoms with Crippen molar-refractivity contribution in [1.82, 2.24) is 4.57 Å². The first-order valence-corrected chi connectivity index (χ1v) is 18.8. The van der Waals surface area contributed by atoms with E-state index in [0.717, 1.165) is 45.4 Å². The lowest BCUT2D eigenvalue weighted by Gasteiger charge is -2.45. The summed E-state index contributed by atoms with van der Waals surface area (Å²) < 4.78 is 9.15. The molecule has 0 saturated heterocycles. The van der Waals surface area contributed by atoms with Crippen LogP contribution in [0.3, 0.4) is 0 Å². The summed E-state index contributed by atoms with van der Waals surface area (Å²) in [5.41, 5.74) is 11.0. The minimum Gasteiger partial charge on any atom is -0.457 e. The van der Waals surface area contributed by atoms with Crippen molar-refractivity contribution in [2.75, 3.05) is 4.90 Å². The topological polar surface area (TPSA) is 17.4 Å². The van der Waals surface area contributed by atoms with Crippen LogP contribution in [0.2, 0.25) is 0 Å². The first-order valence-electron chi connectivity index (χ1n) is 18.0. The van der Waals surface area contributed by atoms with E-state index in [4.69, 9.17) is 4.74 Å². The van der Waals surface area contributed by atoms with Crippen molar-refractivity contribution in [3.8, 4) is 17.2 Å². The van der Waals surface area contributed by atoms with Gasteiger partial charge in [0.2, 0.25) is 0 Å². The van der Waals surface area contributed by atoms with Crippen LogP contribution in [0, 0.1) is 0 Å². The Morgan fingerprint density at radius 3 is 1.60 bits per heavy atom. The van der Waals surface area contributed by atoms with E-state index in [9.17, 15) is 0 Å². The molecule has 0 bridgehead atoms. The minimum absolute atomic E-state index is 0.568. The predicted molar refractivity (Wildman–Crippen MR) is 218 cm³/mol. The molecule has 0 fully saturated rings. The molecule has 3 heterocycles. The molecule has 1 aromatic heterocycles. The van der Waals surface area contributed by atoms with Gasteiger partial charge in [-0.2, -0.15) is 0 Å². The fourth-order valence-electron chi connectivity index (χ4n) is 8.72. The van der Waals surface area contributed by atoms with Crippen LogP contribution in [0.25, 0.3) is 27.5 Å². The van der Waals surface area contributed by atoms with Gasteiger partial charge in [-0.3, -0.25) is 0 Å². The van der Waals surface area contributed by atoms with Crippen LogP contribution < -0.4 is 9.64 Å². The summed E-state index contributed by atoms with van der Waals surface area (Å²) in [4.78, 5) is 4.89. The number of ether oxygens (including phenoxy) is 1. The molecule has 0 radical (unpaired) electrons. The average Bonchev–Trinajstić information content (AvgIpc) is 3.56. The Bertz CT molecular complexity index is 2700. The number of rotatable bonds is 4. The third-order valence-electron chi connectivity index (χ3n) is 10.9. The highest BCUT2D eigenvalue weighted by atomic mass is 32.2. The zero-order valence-corrected chi connectivity index (χ0v) is 29.5. The standard InChI is InChI=1S/C49H32N2OS/c1-2-14-33(15-3-1)50(34-26-28-35(29-27-34)51-43-21-9-4-16-37(43)38-17-5-10-22-44(38)51)36-30-31-46-42(32-36)49(39-18-6-11-23-45(39)52-46)40-19-7-12-24-47(40)53-48-25-13-8-20-41(48)49/h1-32H. The van der Waals surface area contributed by atoms with E-state index in [0.29, 0.717) is 0 Å². The summed E-state index contributed by atoms with van der Waals surface area (Å²) in [5, 5.41) is 2.52. The van der Waals surface area contributed by atoms with Gasteiger partial charge in [0, 0.05) is 54.4 Å². The maximum Gasteiger partial charge on any atom is 0.132 e. The van der Waals surface area contributed by atoms with E-state index in [1.54, 1.807) is 0 Å². The molecule has 2 aliphatic rings. The molecule has 11 rings (SSSR count). The van der Waals surface area contributed by atoms with E-state index in [1.807, 2.05) is 11.8 Å². The number of anilines is 3. The Morgan fingerprint density at radius 2 is 0.925 bits per heavy atom. The van der Waals surface area contributed by atoms with Gasteiger partial charge in [0.15, 0.2) is 0 Å². The lowest BCUT2D eigenvalue weighted by atomic mass is 9.63. The molecule has 0 aliphatic carbocycles. The third kappa shape index (κ3) is 4.43. The third-order valence-corrected chi connectivity index (χ3v) is 12.1. The maximum atomic E-state index is 6.78. The summed E-state index contributed by atoms with van der Waals surface area (Å²) in [6, 6.07) is 70.0. The molecule has 4 heteroatoms. The van der Waals surface area contributed by atoms with Gasteiger partial charge in [-0.05, 0) is 96.1 Å². The van der Waals surface area contributed by atoms with Crippen LogP contribution >= 0.6 is 11.8 Å². The molecule has 0 saturated carbocycles. The van der Waals surface area contributed by atoms with Crippen molar-refractivity contribution >= 4 is 50.6 Å². The Labute approximate surface area is 312 Å². The second kappa shape index (κ2) is 11.8. The summed E-state index contributed by atoms with van der Waals surface area (Å²) >= 11 is 1.85. The molecule has 0 atom stereocenters. The highest BCUT2D eigenvalue weighted by molar-refractivity contribution is 7.99. The smallest absolute Gasteiger partial charge is 0.132 e. The van der Waals surface area contributed by atoms with Crippen molar-refractivity contribution in [2.24, 2.45) is 0 Å². The predicted octanol–water partition coefficient (Wildman–Crippen LogP) is 13.2. The van der Waals surface area contributed by atoms with E-state index in [1.165, 1.54) is 42.7 Å². The molecule has 9 aromatic rings. The molecule has 0 N–H and O–H groups in total. The minimum atomic E-state index is -0.568. The fourth-order valence-corrected chi connectivity index (χ4v) is 9.91. The molecule has 0 amide bonds. The summed E-state index contributed by atoms with van der Waals surface area (Å²) in [6.07, 6.45) is 0. The first-order chi connectivity index (χ1) is 26.3. The highest BCUT2D eigenvalue weighted by Gasteiger charge is 2.49. The molecule has 1 spiro atoms. The number of aromatic nitrogens is 1. The Kier molecular flexibility index (Phi) is 6.70. The number of hydrogen-bond acceptors (Lipinski definition) is 3. The average molecular weight is 697 g/mol. The van der Waals surface area contributed by atoms with Crippen molar-refractivity contribution < 1.29 is 4.74 Å². The second-order valence-electron chi connectivity index (χ2n) is 13.7. The molecular formula is C49H32N2OS. The van der Waals surface area contributed by atoms with Gasteiger partial charge in [-0.15, -0.1) is 0 Å². The fraction of sp³-hybridized carbons (Fsp3) is 0.0204. The van der Waals surface area contributed by atoms with E-state index < -0.39 is 5.41 Å². The van der Waals surface area contributed by atoms with Crippen LogP contribution in [-0.2, 0) is 5.41 Å². The molecule has 0 unspecified atom stereocenters. The van der Waals surface area contributed by atoms with Crippen molar-refractivity contribution in [3.05, 3.63) is 216 Å².